The zero-order chi connectivity index (χ0) is 20.3. The van der Waals surface area contributed by atoms with Gasteiger partial charge in [0.15, 0.2) is 0 Å². The molecule has 0 atom stereocenters. The van der Waals surface area contributed by atoms with Crippen molar-refractivity contribution < 1.29 is 19.1 Å². The highest BCUT2D eigenvalue weighted by atomic mass is 35.5. The van der Waals surface area contributed by atoms with E-state index in [-0.39, 0.29) is 24.3 Å². The first-order valence-corrected chi connectivity index (χ1v) is 9.87. The standard InChI is InChI=1S/C21H20ClNO4S/c1-13-4-5-14(2)18(10-13)27-9-8-23-20(24)19(28-21(23)25)12-15-6-7-17(26-3)16(22)11-15/h4-7,10-12H,8-9H2,1-3H3/b19-12-. The van der Waals surface area contributed by atoms with Crippen LogP contribution >= 0.6 is 23.4 Å². The summed E-state index contributed by atoms with van der Waals surface area (Å²) in [5.41, 5.74) is 2.83. The van der Waals surface area contributed by atoms with Crippen molar-refractivity contribution in [2.24, 2.45) is 0 Å². The van der Waals surface area contributed by atoms with Gasteiger partial charge in [0, 0.05) is 0 Å². The smallest absolute Gasteiger partial charge is 0.293 e. The Labute approximate surface area is 173 Å². The van der Waals surface area contributed by atoms with E-state index in [1.165, 1.54) is 12.0 Å². The summed E-state index contributed by atoms with van der Waals surface area (Å²) in [6, 6.07) is 11.1. The highest BCUT2D eigenvalue weighted by molar-refractivity contribution is 8.18. The first-order chi connectivity index (χ1) is 13.4. The summed E-state index contributed by atoms with van der Waals surface area (Å²) in [6.45, 7) is 4.37. The summed E-state index contributed by atoms with van der Waals surface area (Å²) in [4.78, 5) is 26.4. The minimum atomic E-state index is -0.327. The lowest BCUT2D eigenvalue weighted by Crippen LogP contribution is -2.32. The number of ether oxygens (including phenoxy) is 2. The number of hydrogen-bond acceptors (Lipinski definition) is 5. The number of amides is 2. The molecule has 1 aliphatic heterocycles. The molecule has 2 amide bonds. The molecule has 28 heavy (non-hydrogen) atoms. The molecule has 1 saturated heterocycles. The fourth-order valence-corrected chi connectivity index (χ4v) is 3.86. The molecule has 0 aromatic heterocycles. The zero-order valence-electron chi connectivity index (χ0n) is 15.8. The molecule has 2 aromatic carbocycles. The minimum absolute atomic E-state index is 0.193. The molecule has 0 unspecified atom stereocenters. The lowest BCUT2D eigenvalue weighted by molar-refractivity contribution is -0.123. The van der Waals surface area contributed by atoms with E-state index in [2.05, 4.69) is 0 Å². The average molecular weight is 418 g/mol. The van der Waals surface area contributed by atoms with E-state index in [0.717, 1.165) is 34.2 Å². The maximum Gasteiger partial charge on any atom is 0.293 e. The molecule has 0 aliphatic carbocycles. The molecule has 3 rings (SSSR count). The number of rotatable bonds is 6. The Balaban J connectivity index is 1.66. The molecule has 2 aromatic rings. The Morgan fingerprint density at radius 2 is 1.89 bits per heavy atom. The maximum absolute atomic E-state index is 12.6. The van der Waals surface area contributed by atoms with Crippen LogP contribution in [0.15, 0.2) is 41.3 Å². The summed E-state index contributed by atoms with van der Waals surface area (Å²) in [5.74, 6) is 0.984. The maximum atomic E-state index is 12.6. The second-order valence-corrected chi connectivity index (χ2v) is 7.75. The second-order valence-electron chi connectivity index (χ2n) is 6.34. The molecule has 1 heterocycles. The molecule has 5 nitrogen and oxygen atoms in total. The van der Waals surface area contributed by atoms with Crippen molar-refractivity contribution in [1.29, 1.82) is 0 Å². The number of imide groups is 1. The number of nitrogens with zero attached hydrogens (tertiary/aromatic N) is 1. The Morgan fingerprint density at radius 3 is 2.61 bits per heavy atom. The van der Waals surface area contributed by atoms with Gasteiger partial charge in [-0.2, -0.15) is 0 Å². The molecule has 0 N–H and O–H groups in total. The third kappa shape index (κ3) is 4.51. The number of thioether (sulfide) groups is 1. The van der Waals surface area contributed by atoms with Gasteiger partial charge in [-0.25, -0.2) is 0 Å². The van der Waals surface area contributed by atoms with E-state index in [4.69, 9.17) is 21.1 Å². The van der Waals surface area contributed by atoms with Crippen LogP contribution in [0.3, 0.4) is 0 Å². The minimum Gasteiger partial charge on any atom is -0.495 e. The van der Waals surface area contributed by atoms with E-state index in [1.54, 1.807) is 24.3 Å². The predicted octanol–water partition coefficient (Wildman–Crippen LogP) is 5.08. The van der Waals surface area contributed by atoms with Crippen LogP contribution in [0.1, 0.15) is 16.7 Å². The highest BCUT2D eigenvalue weighted by Crippen LogP contribution is 2.33. The van der Waals surface area contributed by atoms with Gasteiger partial charge in [-0.3, -0.25) is 14.5 Å². The highest BCUT2D eigenvalue weighted by Gasteiger charge is 2.34. The molecule has 0 bridgehead atoms. The number of carbonyl (C=O) groups is 2. The van der Waals surface area contributed by atoms with Crippen LogP contribution in [0.2, 0.25) is 5.02 Å². The lowest BCUT2D eigenvalue weighted by atomic mass is 10.1. The summed E-state index contributed by atoms with van der Waals surface area (Å²) >= 11 is 7.03. The number of hydrogen-bond donors (Lipinski definition) is 0. The van der Waals surface area contributed by atoms with Gasteiger partial charge in [0.05, 0.1) is 23.6 Å². The van der Waals surface area contributed by atoms with Crippen LogP contribution in [-0.2, 0) is 4.79 Å². The lowest BCUT2D eigenvalue weighted by Gasteiger charge is -2.14. The summed E-state index contributed by atoms with van der Waals surface area (Å²) in [6.07, 6.45) is 1.65. The van der Waals surface area contributed by atoms with Crippen molar-refractivity contribution in [2.75, 3.05) is 20.3 Å². The molecular formula is C21H20ClNO4S. The summed E-state index contributed by atoms with van der Waals surface area (Å²) < 4.78 is 10.9. The van der Waals surface area contributed by atoms with Crippen LogP contribution < -0.4 is 9.47 Å². The van der Waals surface area contributed by atoms with Crippen molar-refractivity contribution in [1.82, 2.24) is 4.90 Å². The van der Waals surface area contributed by atoms with E-state index in [9.17, 15) is 9.59 Å². The SMILES string of the molecule is COc1ccc(/C=C2\SC(=O)N(CCOc3cc(C)ccc3C)C2=O)cc1Cl. The Kier molecular flexibility index (Phi) is 6.31. The van der Waals surface area contributed by atoms with Gasteiger partial charge in [-0.05, 0) is 66.6 Å². The van der Waals surface area contributed by atoms with E-state index >= 15 is 0 Å². The quantitative estimate of drug-likeness (QED) is 0.613. The summed E-state index contributed by atoms with van der Waals surface area (Å²) in [5, 5.41) is 0.137. The van der Waals surface area contributed by atoms with Gasteiger partial charge in [0.1, 0.15) is 18.1 Å². The van der Waals surface area contributed by atoms with Crippen LogP contribution in [0.25, 0.3) is 6.08 Å². The van der Waals surface area contributed by atoms with Gasteiger partial charge in [-0.15, -0.1) is 0 Å². The number of aryl methyl sites for hydroxylation is 2. The van der Waals surface area contributed by atoms with Crippen LogP contribution in [0, 0.1) is 13.8 Å². The first-order valence-electron chi connectivity index (χ1n) is 8.68. The average Bonchev–Trinajstić information content (AvgIpc) is 2.92. The number of benzene rings is 2. The predicted molar refractivity (Wildman–Crippen MR) is 112 cm³/mol. The Morgan fingerprint density at radius 1 is 1.11 bits per heavy atom. The van der Waals surface area contributed by atoms with Gasteiger partial charge in [0.2, 0.25) is 0 Å². The monoisotopic (exact) mass is 417 g/mol. The van der Waals surface area contributed by atoms with Crippen molar-refractivity contribution in [3.63, 3.8) is 0 Å². The van der Waals surface area contributed by atoms with Gasteiger partial charge in [0.25, 0.3) is 11.1 Å². The molecule has 1 aliphatic rings. The van der Waals surface area contributed by atoms with Crippen LogP contribution in [0.5, 0.6) is 11.5 Å². The van der Waals surface area contributed by atoms with Gasteiger partial charge < -0.3 is 9.47 Å². The largest absolute Gasteiger partial charge is 0.495 e. The first kappa shape index (κ1) is 20.3. The molecule has 146 valence electrons. The fourth-order valence-electron chi connectivity index (χ4n) is 2.73. The Hall–Kier alpha value is -2.44. The van der Waals surface area contributed by atoms with E-state index < -0.39 is 0 Å². The van der Waals surface area contributed by atoms with Crippen molar-refractivity contribution in [2.45, 2.75) is 13.8 Å². The van der Waals surface area contributed by atoms with Gasteiger partial charge in [-0.1, -0.05) is 29.8 Å². The van der Waals surface area contributed by atoms with Crippen molar-refractivity contribution >= 4 is 40.6 Å². The zero-order valence-corrected chi connectivity index (χ0v) is 17.4. The van der Waals surface area contributed by atoms with Gasteiger partial charge >= 0.3 is 0 Å². The van der Waals surface area contributed by atoms with Crippen LogP contribution in [0.4, 0.5) is 4.79 Å². The topological polar surface area (TPSA) is 55.8 Å². The second kappa shape index (κ2) is 8.71. The number of carbonyl (C=O) groups excluding carboxylic acids is 2. The summed E-state index contributed by atoms with van der Waals surface area (Å²) in [7, 11) is 1.53. The molecule has 7 heteroatoms. The van der Waals surface area contributed by atoms with E-state index in [1.807, 2.05) is 32.0 Å². The third-order valence-electron chi connectivity index (χ3n) is 4.26. The number of halogens is 1. The van der Waals surface area contributed by atoms with Crippen LogP contribution in [-0.4, -0.2) is 36.3 Å². The molecule has 0 saturated carbocycles. The Bertz CT molecular complexity index is 957. The molecule has 1 fully saturated rings. The fraction of sp³-hybridized carbons (Fsp3) is 0.238. The molecule has 0 radical (unpaired) electrons. The van der Waals surface area contributed by atoms with E-state index in [0.29, 0.717) is 15.7 Å². The normalized spacial score (nSPS) is 15.4. The number of methoxy groups -OCH3 is 1. The molecular weight excluding hydrogens is 398 g/mol. The molecule has 0 spiro atoms. The van der Waals surface area contributed by atoms with Crippen molar-refractivity contribution in [3.8, 4) is 11.5 Å². The van der Waals surface area contributed by atoms with Crippen molar-refractivity contribution in [3.05, 3.63) is 63.0 Å². The third-order valence-corrected chi connectivity index (χ3v) is 5.47.